The molecule has 2 amide bonds. The summed E-state index contributed by atoms with van der Waals surface area (Å²) in [6.45, 7) is 1.47. The van der Waals surface area contributed by atoms with Gasteiger partial charge in [-0.15, -0.1) is 11.3 Å². The first kappa shape index (κ1) is 16.0. The number of hydrogen-bond acceptors (Lipinski definition) is 4. The van der Waals surface area contributed by atoms with Crippen LogP contribution in [0.25, 0.3) is 0 Å². The molecule has 0 spiro atoms. The number of para-hydroxylation sites is 1. The van der Waals surface area contributed by atoms with E-state index in [1.165, 1.54) is 36.5 Å². The fraction of sp³-hybridized carbons (Fsp3) is 0.200. The van der Waals surface area contributed by atoms with Crippen molar-refractivity contribution in [3.05, 3.63) is 52.5 Å². The second-order valence-electron chi connectivity index (χ2n) is 4.48. The van der Waals surface area contributed by atoms with E-state index >= 15 is 0 Å². The number of ether oxygens (including phenoxy) is 1. The molecule has 22 heavy (non-hydrogen) atoms. The van der Waals surface area contributed by atoms with Crippen molar-refractivity contribution in [2.75, 3.05) is 0 Å². The number of thiophene rings is 1. The van der Waals surface area contributed by atoms with Crippen LogP contribution in [0.4, 0.5) is 4.39 Å². The van der Waals surface area contributed by atoms with Gasteiger partial charge in [0.1, 0.15) is 0 Å². The molecule has 0 saturated heterocycles. The second-order valence-corrected chi connectivity index (χ2v) is 5.52. The first-order valence-electron chi connectivity index (χ1n) is 6.58. The lowest BCUT2D eigenvalue weighted by molar-refractivity contribution is -0.132. The number of halogens is 1. The van der Waals surface area contributed by atoms with E-state index in [-0.39, 0.29) is 18.1 Å². The minimum absolute atomic E-state index is 0.0185. The normalized spacial score (nSPS) is 11.5. The van der Waals surface area contributed by atoms with Gasteiger partial charge in [0.25, 0.3) is 5.91 Å². The van der Waals surface area contributed by atoms with E-state index in [2.05, 4.69) is 10.9 Å². The molecule has 116 valence electrons. The van der Waals surface area contributed by atoms with Crippen LogP contribution in [0.3, 0.4) is 0 Å². The predicted octanol–water partition coefficient (Wildman–Crippen LogP) is 2.04. The van der Waals surface area contributed by atoms with Crippen molar-refractivity contribution in [2.45, 2.75) is 19.4 Å². The maximum absolute atomic E-state index is 13.4. The van der Waals surface area contributed by atoms with Crippen molar-refractivity contribution in [2.24, 2.45) is 0 Å². The van der Waals surface area contributed by atoms with Gasteiger partial charge in [-0.25, -0.2) is 4.39 Å². The minimum atomic E-state index is -0.945. The Labute approximate surface area is 131 Å². The molecule has 1 atom stereocenters. The van der Waals surface area contributed by atoms with E-state index in [1.807, 2.05) is 17.5 Å². The third-order valence-electron chi connectivity index (χ3n) is 2.75. The summed E-state index contributed by atoms with van der Waals surface area (Å²) >= 11 is 1.46. The molecule has 0 bridgehead atoms. The van der Waals surface area contributed by atoms with E-state index < -0.39 is 17.8 Å². The molecular formula is C15H15FN2O3S. The van der Waals surface area contributed by atoms with Crippen molar-refractivity contribution >= 4 is 23.2 Å². The summed E-state index contributed by atoms with van der Waals surface area (Å²) in [5.41, 5.74) is 4.55. The van der Waals surface area contributed by atoms with Crippen LogP contribution in [0.2, 0.25) is 0 Å². The van der Waals surface area contributed by atoms with Crippen LogP contribution in [0, 0.1) is 5.82 Å². The van der Waals surface area contributed by atoms with Gasteiger partial charge < -0.3 is 4.74 Å². The summed E-state index contributed by atoms with van der Waals surface area (Å²) in [7, 11) is 0. The molecule has 5 nitrogen and oxygen atoms in total. The molecule has 1 heterocycles. The first-order chi connectivity index (χ1) is 10.6. The van der Waals surface area contributed by atoms with E-state index in [1.54, 1.807) is 6.07 Å². The van der Waals surface area contributed by atoms with Crippen LogP contribution in [0.1, 0.15) is 11.8 Å². The molecule has 0 fully saturated rings. The summed E-state index contributed by atoms with van der Waals surface area (Å²) in [6, 6.07) is 9.47. The fourth-order valence-electron chi connectivity index (χ4n) is 1.63. The highest BCUT2D eigenvalue weighted by atomic mass is 32.1. The summed E-state index contributed by atoms with van der Waals surface area (Å²) in [6.07, 6.45) is -0.764. The lowest BCUT2D eigenvalue weighted by atomic mass is 10.3. The molecule has 0 aliphatic heterocycles. The third-order valence-corrected chi connectivity index (χ3v) is 3.63. The van der Waals surface area contributed by atoms with Gasteiger partial charge in [-0.05, 0) is 30.5 Å². The molecule has 0 saturated carbocycles. The largest absolute Gasteiger partial charge is 0.478 e. The van der Waals surface area contributed by atoms with E-state index in [0.717, 1.165) is 4.88 Å². The average molecular weight is 322 g/mol. The van der Waals surface area contributed by atoms with Gasteiger partial charge in [-0.1, -0.05) is 18.2 Å². The quantitative estimate of drug-likeness (QED) is 0.828. The molecular weight excluding hydrogens is 307 g/mol. The Morgan fingerprint density at radius 1 is 1.23 bits per heavy atom. The predicted molar refractivity (Wildman–Crippen MR) is 80.8 cm³/mol. The van der Waals surface area contributed by atoms with Crippen LogP contribution in [0.5, 0.6) is 5.75 Å². The third kappa shape index (κ3) is 4.56. The van der Waals surface area contributed by atoms with E-state index in [0.29, 0.717) is 0 Å². The first-order valence-corrected chi connectivity index (χ1v) is 7.46. The van der Waals surface area contributed by atoms with Crippen LogP contribution in [0.15, 0.2) is 41.8 Å². The van der Waals surface area contributed by atoms with Crippen molar-refractivity contribution in [1.29, 1.82) is 0 Å². The standard InChI is InChI=1S/C15H15FN2O3S/c1-10(21-13-7-3-2-6-12(13)16)15(20)18-17-14(19)9-11-5-4-8-22-11/h2-8,10H,9H2,1H3,(H,17,19)(H,18,20)/t10-/m1/s1. The Morgan fingerprint density at radius 2 is 2.00 bits per heavy atom. The lowest BCUT2D eigenvalue weighted by Gasteiger charge is -2.15. The zero-order valence-electron chi connectivity index (χ0n) is 11.8. The molecule has 0 aliphatic carbocycles. The van der Waals surface area contributed by atoms with Gasteiger partial charge in [0, 0.05) is 4.88 Å². The van der Waals surface area contributed by atoms with Gasteiger partial charge in [0.15, 0.2) is 17.7 Å². The molecule has 2 rings (SSSR count). The van der Waals surface area contributed by atoms with Crippen molar-refractivity contribution in [3.8, 4) is 5.75 Å². The van der Waals surface area contributed by atoms with Gasteiger partial charge >= 0.3 is 0 Å². The Bertz CT molecular complexity index is 646. The minimum Gasteiger partial charge on any atom is -0.478 e. The van der Waals surface area contributed by atoms with E-state index in [4.69, 9.17) is 4.74 Å². The molecule has 7 heteroatoms. The SMILES string of the molecule is C[C@@H](Oc1ccccc1F)C(=O)NNC(=O)Cc1cccs1. The van der Waals surface area contributed by atoms with Crippen molar-refractivity contribution in [1.82, 2.24) is 10.9 Å². The maximum Gasteiger partial charge on any atom is 0.279 e. The molecule has 2 N–H and O–H groups in total. The van der Waals surface area contributed by atoms with Crippen LogP contribution in [-0.2, 0) is 16.0 Å². The number of benzene rings is 1. The Hall–Kier alpha value is -2.41. The molecule has 1 aromatic heterocycles. The topological polar surface area (TPSA) is 67.4 Å². The molecule has 0 unspecified atom stereocenters. The lowest BCUT2D eigenvalue weighted by Crippen LogP contribution is -2.47. The van der Waals surface area contributed by atoms with Crippen molar-refractivity contribution in [3.63, 3.8) is 0 Å². The summed E-state index contributed by atoms with van der Waals surface area (Å²) in [4.78, 5) is 24.3. The summed E-state index contributed by atoms with van der Waals surface area (Å²) in [5, 5.41) is 1.87. The Kier molecular flexibility index (Phi) is 5.48. The van der Waals surface area contributed by atoms with Gasteiger partial charge in [0.2, 0.25) is 5.91 Å². The highest BCUT2D eigenvalue weighted by Gasteiger charge is 2.17. The van der Waals surface area contributed by atoms with Crippen molar-refractivity contribution < 1.29 is 18.7 Å². The number of rotatable bonds is 5. The summed E-state index contributed by atoms with van der Waals surface area (Å²) < 4.78 is 18.6. The average Bonchev–Trinajstić information content (AvgIpc) is 3.00. The van der Waals surface area contributed by atoms with Gasteiger partial charge in [0.05, 0.1) is 6.42 Å². The van der Waals surface area contributed by atoms with Crippen LogP contribution in [-0.4, -0.2) is 17.9 Å². The molecule has 2 aromatic rings. The number of nitrogens with one attached hydrogen (secondary N) is 2. The fourth-order valence-corrected chi connectivity index (χ4v) is 2.34. The smallest absolute Gasteiger partial charge is 0.279 e. The highest BCUT2D eigenvalue weighted by Crippen LogP contribution is 2.16. The number of carbonyl (C=O) groups excluding carboxylic acids is 2. The highest BCUT2D eigenvalue weighted by molar-refractivity contribution is 7.10. The Balaban J connectivity index is 1.79. The number of amides is 2. The van der Waals surface area contributed by atoms with E-state index in [9.17, 15) is 14.0 Å². The number of hydrogen-bond donors (Lipinski definition) is 2. The Morgan fingerprint density at radius 3 is 2.68 bits per heavy atom. The molecule has 1 aromatic carbocycles. The summed E-state index contributed by atoms with van der Waals surface area (Å²) in [5.74, 6) is -1.48. The zero-order valence-corrected chi connectivity index (χ0v) is 12.7. The number of carbonyl (C=O) groups is 2. The van der Waals surface area contributed by atoms with Crippen LogP contribution < -0.4 is 15.6 Å². The monoisotopic (exact) mass is 322 g/mol. The maximum atomic E-state index is 13.4. The van der Waals surface area contributed by atoms with Gasteiger partial charge in [-0.3, -0.25) is 20.4 Å². The number of hydrazine groups is 1. The zero-order chi connectivity index (χ0) is 15.9. The second kappa shape index (κ2) is 7.56. The molecule has 0 radical (unpaired) electrons. The van der Waals surface area contributed by atoms with Crippen LogP contribution >= 0.6 is 11.3 Å². The molecule has 0 aliphatic rings. The van der Waals surface area contributed by atoms with Gasteiger partial charge in [-0.2, -0.15) is 0 Å².